The van der Waals surface area contributed by atoms with Crippen molar-refractivity contribution >= 4 is 16.0 Å². The van der Waals surface area contributed by atoms with E-state index in [9.17, 15) is 13.2 Å². The van der Waals surface area contributed by atoms with Crippen LogP contribution in [-0.2, 0) is 19.1 Å². The molecule has 1 aliphatic heterocycles. The Morgan fingerprint density at radius 2 is 1.79 bits per heavy atom. The van der Waals surface area contributed by atoms with Gasteiger partial charge in [-0.1, -0.05) is 31.5 Å². The lowest BCUT2D eigenvalue weighted by Crippen LogP contribution is -2.33. The molecule has 0 unspecified atom stereocenters. The zero-order valence-electron chi connectivity index (χ0n) is 14.9. The lowest BCUT2D eigenvalue weighted by molar-refractivity contribution is -0.136. The van der Waals surface area contributed by atoms with Gasteiger partial charge in [0.05, 0.1) is 16.9 Å². The van der Waals surface area contributed by atoms with Crippen LogP contribution in [0, 0.1) is 12.3 Å². The molecule has 1 aromatic rings. The number of benzene rings is 1. The highest BCUT2D eigenvalue weighted by atomic mass is 32.2. The molecule has 0 N–H and O–H groups in total. The van der Waals surface area contributed by atoms with Crippen molar-refractivity contribution in [1.82, 2.24) is 4.90 Å². The van der Waals surface area contributed by atoms with Crippen LogP contribution in [-0.4, -0.2) is 38.9 Å². The smallest absolute Gasteiger partial charge is 0.296 e. The summed E-state index contributed by atoms with van der Waals surface area (Å²) in [4.78, 5) is 14.4. The minimum atomic E-state index is -3.74. The Labute approximate surface area is 145 Å². The van der Waals surface area contributed by atoms with E-state index in [1.807, 2.05) is 20.8 Å². The average Bonchev–Trinajstić information content (AvgIpc) is 2.80. The first kappa shape index (κ1) is 18.9. The van der Waals surface area contributed by atoms with Crippen molar-refractivity contribution in [2.75, 3.05) is 13.7 Å². The van der Waals surface area contributed by atoms with Crippen LogP contribution in [0.1, 0.15) is 45.1 Å². The second-order valence-corrected chi connectivity index (χ2v) is 8.25. The first-order valence-electron chi connectivity index (χ1n) is 8.49. The van der Waals surface area contributed by atoms with Crippen LogP contribution >= 0.6 is 0 Å². The van der Waals surface area contributed by atoms with Crippen LogP contribution in [0.2, 0.25) is 0 Å². The van der Waals surface area contributed by atoms with Gasteiger partial charge in [0.15, 0.2) is 0 Å². The summed E-state index contributed by atoms with van der Waals surface area (Å²) < 4.78 is 29.6. The molecule has 0 bridgehead atoms. The van der Waals surface area contributed by atoms with Crippen LogP contribution in [0.3, 0.4) is 0 Å². The molecule has 1 aromatic carbocycles. The Balaban J connectivity index is 1.97. The maximum absolute atomic E-state index is 12.5. The van der Waals surface area contributed by atoms with Gasteiger partial charge in [-0.25, -0.2) is 0 Å². The Morgan fingerprint density at radius 1 is 1.21 bits per heavy atom. The molecule has 1 heterocycles. The molecular weight excluding hydrogens is 326 g/mol. The van der Waals surface area contributed by atoms with Crippen LogP contribution in [0.25, 0.3) is 0 Å². The van der Waals surface area contributed by atoms with E-state index in [1.54, 1.807) is 36.2 Å². The third kappa shape index (κ3) is 3.64. The fraction of sp³-hybridized carbons (Fsp3) is 0.611. The van der Waals surface area contributed by atoms with Crippen molar-refractivity contribution in [1.29, 1.82) is 0 Å². The molecule has 6 heteroatoms. The quantitative estimate of drug-likeness (QED) is 0.707. The van der Waals surface area contributed by atoms with Gasteiger partial charge in [0, 0.05) is 13.1 Å². The molecule has 0 radical (unpaired) electrons. The molecule has 0 saturated carbocycles. The predicted octanol–water partition coefficient (Wildman–Crippen LogP) is 3.13. The van der Waals surface area contributed by atoms with Crippen LogP contribution in [0.15, 0.2) is 29.2 Å². The van der Waals surface area contributed by atoms with Gasteiger partial charge in [0.2, 0.25) is 5.91 Å². The van der Waals surface area contributed by atoms with E-state index in [4.69, 9.17) is 4.18 Å². The Kier molecular flexibility index (Phi) is 5.71. The van der Waals surface area contributed by atoms with E-state index in [-0.39, 0.29) is 28.9 Å². The predicted molar refractivity (Wildman–Crippen MR) is 93.1 cm³/mol. The number of amides is 1. The third-order valence-corrected chi connectivity index (χ3v) is 6.63. The summed E-state index contributed by atoms with van der Waals surface area (Å²) in [5.74, 6) is 0.166. The molecule has 24 heavy (non-hydrogen) atoms. The third-order valence-electron chi connectivity index (χ3n) is 5.30. The Hall–Kier alpha value is -1.40. The molecular formula is C18H27NO4S. The highest BCUT2D eigenvalue weighted by Crippen LogP contribution is 2.42. The highest BCUT2D eigenvalue weighted by Gasteiger charge is 2.47. The standard InChI is InChI=1S/C18H27NO4S/c1-5-18(6-2)13-15(19(4)17(18)20)11-12-23-24(21,22)16-9-7-14(3)8-10-16/h7-10,15H,5-6,11-13H2,1-4H3/t15-/m0/s1. The number of aryl methyl sites for hydroxylation is 1. The highest BCUT2D eigenvalue weighted by molar-refractivity contribution is 7.86. The first-order valence-corrected chi connectivity index (χ1v) is 9.90. The number of nitrogens with zero attached hydrogens (tertiary/aromatic N) is 1. The molecule has 0 aliphatic carbocycles. The van der Waals surface area contributed by atoms with E-state index in [2.05, 4.69) is 0 Å². The van der Waals surface area contributed by atoms with Gasteiger partial charge in [-0.2, -0.15) is 8.42 Å². The van der Waals surface area contributed by atoms with E-state index in [0.717, 1.165) is 24.8 Å². The van der Waals surface area contributed by atoms with Crippen molar-refractivity contribution in [2.24, 2.45) is 5.41 Å². The Bertz CT molecular complexity index is 677. The number of likely N-dealkylation sites (tertiary alicyclic amines) is 1. The molecule has 1 atom stereocenters. The van der Waals surface area contributed by atoms with Gasteiger partial charge in [0.25, 0.3) is 10.1 Å². The number of hydrogen-bond donors (Lipinski definition) is 0. The average molecular weight is 353 g/mol. The number of carbonyl (C=O) groups excluding carboxylic acids is 1. The van der Waals surface area contributed by atoms with Crippen molar-refractivity contribution in [3.8, 4) is 0 Å². The summed E-state index contributed by atoms with van der Waals surface area (Å²) in [7, 11) is -1.94. The SMILES string of the molecule is CCC1(CC)C[C@H](CCOS(=O)(=O)c2ccc(C)cc2)N(C)C1=O. The van der Waals surface area contributed by atoms with Crippen molar-refractivity contribution < 1.29 is 17.4 Å². The maximum Gasteiger partial charge on any atom is 0.296 e. The first-order chi connectivity index (χ1) is 11.3. The minimum absolute atomic E-state index is 0.0330. The summed E-state index contributed by atoms with van der Waals surface area (Å²) in [6.45, 7) is 6.06. The fourth-order valence-corrected chi connectivity index (χ4v) is 4.34. The van der Waals surface area contributed by atoms with Gasteiger partial charge in [-0.15, -0.1) is 0 Å². The zero-order chi connectivity index (χ0) is 18.0. The van der Waals surface area contributed by atoms with Gasteiger partial charge in [-0.3, -0.25) is 8.98 Å². The van der Waals surface area contributed by atoms with Gasteiger partial charge >= 0.3 is 0 Å². The van der Waals surface area contributed by atoms with Crippen LogP contribution in [0.5, 0.6) is 0 Å². The molecule has 0 aromatic heterocycles. The van der Waals surface area contributed by atoms with Gasteiger partial charge in [0.1, 0.15) is 0 Å². The largest absolute Gasteiger partial charge is 0.342 e. The van der Waals surface area contributed by atoms with Gasteiger partial charge < -0.3 is 4.90 Å². The molecule has 2 rings (SSSR count). The van der Waals surface area contributed by atoms with Crippen LogP contribution in [0.4, 0.5) is 0 Å². The fourth-order valence-electron chi connectivity index (χ4n) is 3.42. The normalized spacial score (nSPS) is 20.6. The summed E-state index contributed by atoms with van der Waals surface area (Å²) in [6.07, 6.45) is 2.91. The molecule has 0 spiro atoms. The summed E-state index contributed by atoms with van der Waals surface area (Å²) in [6, 6.07) is 6.63. The molecule has 5 nitrogen and oxygen atoms in total. The number of rotatable bonds is 7. The van der Waals surface area contributed by atoms with E-state index >= 15 is 0 Å². The van der Waals surface area contributed by atoms with E-state index in [1.165, 1.54) is 0 Å². The summed E-state index contributed by atoms with van der Waals surface area (Å²) in [5, 5.41) is 0. The van der Waals surface area contributed by atoms with E-state index in [0.29, 0.717) is 6.42 Å². The van der Waals surface area contributed by atoms with E-state index < -0.39 is 10.1 Å². The second kappa shape index (κ2) is 7.23. The van der Waals surface area contributed by atoms with Crippen molar-refractivity contribution in [3.05, 3.63) is 29.8 Å². The van der Waals surface area contributed by atoms with Crippen molar-refractivity contribution in [2.45, 2.75) is 57.4 Å². The van der Waals surface area contributed by atoms with Crippen molar-refractivity contribution in [3.63, 3.8) is 0 Å². The minimum Gasteiger partial charge on any atom is -0.342 e. The zero-order valence-corrected chi connectivity index (χ0v) is 15.7. The van der Waals surface area contributed by atoms with Gasteiger partial charge in [-0.05, 0) is 44.7 Å². The lowest BCUT2D eigenvalue weighted by Gasteiger charge is -2.23. The maximum atomic E-state index is 12.5. The lowest BCUT2D eigenvalue weighted by atomic mass is 9.79. The molecule has 1 fully saturated rings. The summed E-state index contributed by atoms with van der Waals surface area (Å²) >= 11 is 0. The molecule has 134 valence electrons. The number of hydrogen-bond acceptors (Lipinski definition) is 4. The molecule has 1 aliphatic rings. The summed E-state index contributed by atoms with van der Waals surface area (Å²) in [5.41, 5.74) is 0.699. The second-order valence-electron chi connectivity index (χ2n) is 6.64. The molecule has 1 saturated heterocycles. The topological polar surface area (TPSA) is 63.7 Å². The Morgan fingerprint density at radius 3 is 2.29 bits per heavy atom. The molecule has 1 amide bonds. The monoisotopic (exact) mass is 353 g/mol. The van der Waals surface area contributed by atoms with Crippen LogP contribution < -0.4 is 0 Å². The number of carbonyl (C=O) groups is 1.